The van der Waals surface area contributed by atoms with Gasteiger partial charge in [0.1, 0.15) is 0 Å². The quantitative estimate of drug-likeness (QED) is 0.474. The SMILES string of the molecule is C=CCC=C1CCC(C2CCC(c3ccc(OCC)c(F)c3F)CC2)CC1. The van der Waals surface area contributed by atoms with Crippen LogP contribution in [0.25, 0.3) is 0 Å². The van der Waals surface area contributed by atoms with Crippen molar-refractivity contribution >= 4 is 0 Å². The van der Waals surface area contributed by atoms with Crippen molar-refractivity contribution in [3.63, 3.8) is 0 Å². The Labute approximate surface area is 162 Å². The molecule has 0 saturated heterocycles. The average Bonchev–Trinajstić information content (AvgIpc) is 2.71. The van der Waals surface area contributed by atoms with E-state index in [1.165, 1.54) is 25.7 Å². The van der Waals surface area contributed by atoms with Gasteiger partial charge in [-0.2, -0.15) is 4.39 Å². The molecule has 0 unspecified atom stereocenters. The van der Waals surface area contributed by atoms with Crippen molar-refractivity contribution in [3.8, 4) is 5.75 Å². The molecule has 3 rings (SSSR count). The van der Waals surface area contributed by atoms with Crippen LogP contribution in [0.3, 0.4) is 0 Å². The van der Waals surface area contributed by atoms with Gasteiger partial charge in [0.2, 0.25) is 5.82 Å². The summed E-state index contributed by atoms with van der Waals surface area (Å²) in [5.74, 6) is 0.168. The second-order valence-electron chi connectivity index (χ2n) is 8.05. The van der Waals surface area contributed by atoms with Crippen LogP contribution in [-0.4, -0.2) is 6.61 Å². The molecule has 0 aromatic heterocycles. The summed E-state index contributed by atoms with van der Waals surface area (Å²) in [5, 5.41) is 0. The molecule has 0 atom stereocenters. The van der Waals surface area contributed by atoms with Gasteiger partial charge in [0.05, 0.1) is 6.61 Å². The van der Waals surface area contributed by atoms with E-state index < -0.39 is 11.6 Å². The molecule has 2 aliphatic carbocycles. The standard InChI is InChI=1S/C24H32F2O/c1-3-5-6-17-7-9-18(10-8-17)19-11-13-20(14-12-19)21-15-16-22(27-4-2)24(26)23(21)25/h3,6,15-16,18-20H,1,4-5,7-14H2,2H3. The van der Waals surface area contributed by atoms with E-state index in [0.29, 0.717) is 12.2 Å². The topological polar surface area (TPSA) is 9.23 Å². The van der Waals surface area contributed by atoms with Gasteiger partial charge < -0.3 is 4.74 Å². The predicted octanol–water partition coefficient (Wildman–Crippen LogP) is 7.33. The number of allylic oxidation sites excluding steroid dienone is 3. The van der Waals surface area contributed by atoms with E-state index in [2.05, 4.69) is 12.7 Å². The lowest BCUT2D eigenvalue weighted by molar-refractivity contribution is 0.198. The van der Waals surface area contributed by atoms with Crippen molar-refractivity contribution in [1.82, 2.24) is 0 Å². The molecular formula is C24H32F2O. The molecule has 0 aliphatic heterocycles. The van der Waals surface area contributed by atoms with Crippen LogP contribution in [0.1, 0.15) is 76.2 Å². The summed E-state index contributed by atoms with van der Waals surface area (Å²) in [6.07, 6.45) is 14.5. The van der Waals surface area contributed by atoms with E-state index in [-0.39, 0.29) is 11.7 Å². The molecule has 0 radical (unpaired) electrons. The first-order valence-electron chi connectivity index (χ1n) is 10.5. The summed E-state index contributed by atoms with van der Waals surface area (Å²) in [6.45, 7) is 5.90. The van der Waals surface area contributed by atoms with E-state index in [4.69, 9.17) is 4.74 Å². The third kappa shape index (κ3) is 4.80. The van der Waals surface area contributed by atoms with Crippen LogP contribution >= 0.6 is 0 Å². The second-order valence-corrected chi connectivity index (χ2v) is 8.05. The molecule has 0 N–H and O–H groups in total. The highest BCUT2D eigenvalue weighted by Crippen LogP contribution is 2.44. The molecule has 3 heteroatoms. The number of hydrogen-bond donors (Lipinski definition) is 0. The summed E-state index contributed by atoms with van der Waals surface area (Å²) < 4.78 is 33.8. The molecule has 1 aromatic rings. The van der Waals surface area contributed by atoms with Crippen LogP contribution in [0, 0.1) is 23.5 Å². The van der Waals surface area contributed by atoms with Crippen molar-refractivity contribution in [2.24, 2.45) is 11.8 Å². The van der Waals surface area contributed by atoms with E-state index in [0.717, 1.165) is 43.9 Å². The Morgan fingerprint density at radius 2 is 1.67 bits per heavy atom. The Morgan fingerprint density at radius 1 is 1.00 bits per heavy atom. The summed E-state index contributed by atoms with van der Waals surface area (Å²) in [5.41, 5.74) is 2.12. The number of ether oxygens (including phenoxy) is 1. The maximum atomic E-state index is 14.5. The lowest BCUT2D eigenvalue weighted by Crippen LogP contribution is -2.24. The van der Waals surface area contributed by atoms with Crippen molar-refractivity contribution < 1.29 is 13.5 Å². The van der Waals surface area contributed by atoms with Gasteiger partial charge in [-0.3, -0.25) is 0 Å². The Balaban J connectivity index is 1.55. The predicted molar refractivity (Wildman–Crippen MR) is 107 cm³/mol. The molecular weight excluding hydrogens is 342 g/mol. The van der Waals surface area contributed by atoms with Crippen LogP contribution in [0.4, 0.5) is 8.78 Å². The van der Waals surface area contributed by atoms with Gasteiger partial charge in [-0.05, 0) is 94.1 Å². The van der Waals surface area contributed by atoms with Crippen molar-refractivity contribution in [1.29, 1.82) is 0 Å². The maximum absolute atomic E-state index is 14.5. The van der Waals surface area contributed by atoms with Crippen molar-refractivity contribution in [2.75, 3.05) is 6.61 Å². The molecule has 1 nitrogen and oxygen atoms in total. The van der Waals surface area contributed by atoms with Crippen LogP contribution in [0.2, 0.25) is 0 Å². The minimum Gasteiger partial charge on any atom is -0.491 e. The first-order chi connectivity index (χ1) is 13.1. The molecule has 2 saturated carbocycles. The van der Waals surface area contributed by atoms with Gasteiger partial charge in [-0.15, -0.1) is 6.58 Å². The Bertz CT molecular complexity index is 661. The summed E-state index contributed by atoms with van der Waals surface area (Å²) in [6, 6.07) is 3.31. The first-order valence-corrected chi connectivity index (χ1v) is 10.5. The first kappa shape index (κ1) is 20.1. The Morgan fingerprint density at radius 3 is 2.30 bits per heavy atom. The molecule has 0 spiro atoms. The molecule has 0 amide bonds. The monoisotopic (exact) mass is 374 g/mol. The molecule has 2 fully saturated rings. The second kappa shape index (κ2) is 9.52. The minimum atomic E-state index is -0.831. The average molecular weight is 375 g/mol. The minimum absolute atomic E-state index is 0.0231. The highest BCUT2D eigenvalue weighted by Gasteiger charge is 2.31. The van der Waals surface area contributed by atoms with Crippen molar-refractivity contribution in [3.05, 3.63) is 53.6 Å². The maximum Gasteiger partial charge on any atom is 0.200 e. The Hall–Kier alpha value is -1.64. The van der Waals surface area contributed by atoms with Gasteiger partial charge in [0.15, 0.2) is 11.6 Å². The third-order valence-electron chi connectivity index (χ3n) is 6.50. The summed E-state index contributed by atoms with van der Waals surface area (Å²) in [4.78, 5) is 0. The third-order valence-corrected chi connectivity index (χ3v) is 6.50. The number of halogens is 2. The Kier molecular flexibility index (Phi) is 7.09. The molecule has 0 bridgehead atoms. The smallest absolute Gasteiger partial charge is 0.200 e. The fourth-order valence-corrected chi connectivity index (χ4v) is 4.97. The zero-order chi connectivity index (χ0) is 19.2. The lowest BCUT2D eigenvalue weighted by atomic mass is 9.69. The highest BCUT2D eigenvalue weighted by molar-refractivity contribution is 5.33. The van der Waals surface area contributed by atoms with Gasteiger partial charge >= 0.3 is 0 Å². The van der Waals surface area contributed by atoms with Crippen molar-refractivity contribution in [2.45, 2.75) is 70.6 Å². The highest BCUT2D eigenvalue weighted by atomic mass is 19.2. The van der Waals surface area contributed by atoms with Gasteiger partial charge in [0.25, 0.3) is 0 Å². The van der Waals surface area contributed by atoms with Crippen LogP contribution in [0.5, 0.6) is 5.75 Å². The summed E-state index contributed by atoms with van der Waals surface area (Å²) >= 11 is 0. The van der Waals surface area contributed by atoms with Crippen LogP contribution < -0.4 is 4.74 Å². The van der Waals surface area contributed by atoms with Crippen LogP contribution in [-0.2, 0) is 0 Å². The normalized spacial score (nSPS) is 25.9. The zero-order valence-electron chi connectivity index (χ0n) is 16.5. The largest absolute Gasteiger partial charge is 0.491 e. The van der Waals surface area contributed by atoms with Gasteiger partial charge in [-0.25, -0.2) is 4.39 Å². The number of rotatable bonds is 6. The number of hydrogen-bond acceptors (Lipinski definition) is 1. The van der Waals surface area contributed by atoms with E-state index >= 15 is 0 Å². The lowest BCUT2D eigenvalue weighted by Gasteiger charge is -2.36. The van der Waals surface area contributed by atoms with E-state index in [9.17, 15) is 8.78 Å². The molecule has 27 heavy (non-hydrogen) atoms. The molecule has 0 heterocycles. The number of benzene rings is 1. The fraction of sp³-hybridized carbons (Fsp3) is 0.583. The van der Waals surface area contributed by atoms with E-state index in [1.54, 1.807) is 24.6 Å². The molecule has 1 aromatic carbocycles. The van der Waals surface area contributed by atoms with Gasteiger partial charge in [-0.1, -0.05) is 23.8 Å². The van der Waals surface area contributed by atoms with Gasteiger partial charge in [0, 0.05) is 0 Å². The fourth-order valence-electron chi connectivity index (χ4n) is 4.97. The van der Waals surface area contributed by atoms with Crippen LogP contribution in [0.15, 0.2) is 36.4 Å². The zero-order valence-corrected chi connectivity index (χ0v) is 16.5. The van der Waals surface area contributed by atoms with E-state index in [1.807, 2.05) is 6.08 Å². The molecule has 148 valence electrons. The summed E-state index contributed by atoms with van der Waals surface area (Å²) in [7, 11) is 0. The molecule has 2 aliphatic rings.